The molecule has 0 spiro atoms. The lowest BCUT2D eigenvalue weighted by molar-refractivity contribution is 0.185. The quantitative estimate of drug-likeness (QED) is 0.370. The molecule has 1 aromatic heterocycles. The van der Waals surface area contributed by atoms with Crippen molar-refractivity contribution in [1.82, 2.24) is 20.7 Å². The molecule has 2 heterocycles. The fourth-order valence-electron chi connectivity index (χ4n) is 3.05. The number of halogens is 1. The molecule has 2 rings (SSSR count). The molecule has 1 aliphatic rings. The van der Waals surface area contributed by atoms with E-state index in [-0.39, 0.29) is 24.0 Å². The molecule has 1 saturated heterocycles. The lowest BCUT2D eigenvalue weighted by atomic mass is 9.97. The number of likely N-dealkylation sites (tertiary alicyclic amines) is 1. The van der Waals surface area contributed by atoms with Gasteiger partial charge >= 0.3 is 0 Å². The van der Waals surface area contributed by atoms with E-state index < -0.39 is 0 Å². The van der Waals surface area contributed by atoms with Gasteiger partial charge in [0.05, 0.1) is 12.2 Å². The first-order valence-electron chi connectivity index (χ1n) is 9.24. The number of hydrogen-bond acceptors (Lipinski definition) is 4. The van der Waals surface area contributed by atoms with Crippen molar-refractivity contribution in [1.29, 1.82) is 0 Å². The molecule has 0 aromatic carbocycles. The average Bonchev–Trinajstić information content (AvgIpc) is 3.06. The summed E-state index contributed by atoms with van der Waals surface area (Å²) >= 11 is 0. The smallest absolute Gasteiger partial charge is 0.191 e. The summed E-state index contributed by atoms with van der Waals surface area (Å²) in [5.41, 5.74) is 0.994. The fraction of sp³-hybridized carbons (Fsp3) is 0.778. The van der Waals surface area contributed by atoms with E-state index in [1.165, 1.54) is 38.9 Å². The summed E-state index contributed by atoms with van der Waals surface area (Å²) < 4.78 is 5.35. The van der Waals surface area contributed by atoms with E-state index in [0.717, 1.165) is 29.9 Å². The van der Waals surface area contributed by atoms with Crippen LogP contribution in [0.25, 0.3) is 0 Å². The molecular weight excluding hydrogens is 429 g/mol. The van der Waals surface area contributed by atoms with Gasteiger partial charge in [-0.1, -0.05) is 25.9 Å². The molecule has 0 bridgehead atoms. The van der Waals surface area contributed by atoms with E-state index in [1.807, 2.05) is 6.07 Å². The number of nitrogens with zero attached hydrogens (tertiary/aromatic N) is 3. The van der Waals surface area contributed by atoms with Crippen LogP contribution < -0.4 is 10.6 Å². The highest BCUT2D eigenvalue weighted by atomic mass is 127. The second kappa shape index (κ2) is 11.7. The molecule has 0 aliphatic carbocycles. The molecule has 1 fully saturated rings. The van der Waals surface area contributed by atoms with Gasteiger partial charge in [-0.05, 0) is 50.7 Å². The molecule has 0 saturated carbocycles. The number of aliphatic imine (C=N–C) groups is 1. The van der Waals surface area contributed by atoms with E-state index in [4.69, 9.17) is 4.52 Å². The zero-order valence-electron chi connectivity index (χ0n) is 16.0. The van der Waals surface area contributed by atoms with Gasteiger partial charge in [-0.3, -0.25) is 4.99 Å². The first-order valence-corrected chi connectivity index (χ1v) is 9.24. The Hall–Kier alpha value is -0.830. The highest BCUT2D eigenvalue weighted by Crippen LogP contribution is 2.16. The normalized spacial score (nSPS) is 16.8. The molecule has 0 amide bonds. The van der Waals surface area contributed by atoms with Gasteiger partial charge in [0.2, 0.25) is 0 Å². The maximum absolute atomic E-state index is 5.35. The van der Waals surface area contributed by atoms with Gasteiger partial charge < -0.3 is 20.1 Å². The minimum atomic E-state index is 0. The van der Waals surface area contributed by atoms with Gasteiger partial charge in [0.1, 0.15) is 0 Å². The third kappa shape index (κ3) is 7.52. The Morgan fingerprint density at radius 2 is 2.08 bits per heavy atom. The SMILES string of the molecule is CCCN1CCC(CNC(=NC)NCc2cc(C(C)C)no2)CC1.I. The van der Waals surface area contributed by atoms with Crippen LogP contribution in [-0.4, -0.2) is 49.2 Å². The molecule has 2 N–H and O–H groups in total. The predicted octanol–water partition coefficient (Wildman–Crippen LogP) is 3.20. The summed E-state index contributed by atoms with van der Waals surface area (Å²) in [6.45, 7) is 11.7. The molecule has 6 nitrogen and oxygen atoms in total. The number of piperidine rings is 1. The maximum atomic E-state index is 5.35. The largest absolute Gasteiger partial charge is 0.359 e. The zero-order valence-corrected chi connectivity index (χ0v) is 18.4. The van der Waals surface area contributed by atoms with E-state index in [0.29, 0.717) is 12.5 Å². The molecular formula is C18H34IN5O. The molecule has 0 atom stereocenters. The van der Waals surface area contributed by atoms with Crippen LogP contribution in [0.2, 0.25) is 0 Å². The monoisotopic (exact) mass is 463 g/mol. The van der Waals surface area contributed by atoms with Crippen molar-refractivity contribution >= 4 is 29.9 Å². The second-order valence-electron chi connectivity index (χ2n) is 6.96. The molecule has 0 unspecified atom stereocenters. The van der Waals surface area contributed by atoms with Crippen molar-refractivity contribution in [3.63, 3.8) is 0 Å². The number of nitrogens with one attached hydrogen (secondary N) is 2. The number of guanidine groups is 1. The molecule has 1 aromatic rings. The maximum Gasteiger partial charge on any atom is 0.191 e. The average molecular weight is 463 g/mol. The lowest BCUT2D eigenvalue weighted by Gasteiger charge is -2.32. The van der Waals surface area contributed by atoms with Crippen molar-refractivity contribution in [2.24, 2.45) is 10.9 Å². The van der Waals surface area contributed by atoms with Crippen LogP contribution in [-0.2, 0) is 6.54 Å². The number of aromatic nitrogens is 1. The predicted molar refractivity (Wildman–Crippen MR) is 114 cm³/mol. The highest BCUT2D eigenvalue weighted by Gasteiger charge is 2.18. The third-order valence-electron chi connectivity index (χ3n) is 4.63. The Kier molecular flexibility index (Phi) is 10.4. The number of rotatable bonds is 7. The van der Waals surface area contributed by atoms with Gasteiger partial charge in [-0.15, -0.1) is 24.0 Å². The van der Waals surface area contributed by atoms with Crippen LogP contribution in [0, 0.1) is 5.92 Å². The molecule has 7 heteroatoms. The van der Waals surface area contributed by atoms with Gasteiger partial charge in [0, 0.05) is 19.7 Å². The first kappa shape index (κ1) is 22.2. The molecule has 144 valence electrons. The highest BCUT2D eigenvalue weighted by molar-refractivity contribution is 14.0. The Labute approximate surface area is 169 Å². The van der Waals surface area contributed by atoms with E-state index in [1.54, 1.807) is 7.05 Å². The van der Waals surface area contributed by atoms with Crippen LogP contribution in [0.1, 0.15) is 57.4 Å². The van der Waals surface area contributed by atoms with Gasteiger partial charge in [-0.2, -0.15) is 0 Å². The van der Waals surface area contributed by atoms with Crippen molar-refractivity contribution in [3.05, 3.63) is 17.5 Å². The van der Waals surface area contributed by atoms with Crippen LogP contribution in [0.15, 0.2) is 15.6 Å². The minimum absolute atomic E-state index is 0. The third-order valence-corrected chi connectivity index (χ3v) is 4.63. The zero-order chi connectivity index (χ0) is 17.4. The second-order valence-corrected chi connectivity index (χ2v) is 6.96. The van der Waals surface area contributed by atoms with E-state index >= 15 is 0 Å². The molecule has 1 aliphatic heterocycles. The van der Waals surface area contributed by atoms with E-state index in [9.17, 15) is 0 Å². The Bertz CT molecular complexity index is 509. The topological polar surface area (TPSA) is 65.7 Å². The van der Waals surface area contributed by atoms with Gasteiger partial charge in [-0.25, -0.2) is 0 Å². The van der Waals surface area contributed by atoms with E-state index in [2.05, 4.69) is 46.5 Å². The standard InChI is InChI=1S/C18H33N5O.HI/c1-5-8-23-9-6-15(7-10-23)12-20-18(19-4)21-13-16-11-17(14(2)3)22-24-16;/h11,14-15H,5-10,12-13H2,1-4H3,(H2,19,20,21);1H. The van der Waals surface area contributed by atoms with Crippen LogP contribution in [0.5, 0.6) is 0 Å². The first-order chi connectivity index (χ1) is 11.6. The summed E-state index contributed by atoms with van der Waals surface area (Å²) in [4.78, 5) is 6.86. The molecule has 25 heavy (non-hydrogen) atoms. The van der Waals surface area contributed by atoms with Crippen LogP contribution >= 0.6 is 24.0 Å². The van der Waals surface area contributed by atoms with Gasteiger partial charge in [0.15, 0.2) is 11.7 Å². The van der Waals surface area contributed by atoms with Crippen molar-refractivity contribution in [2.45, 2.75) is 52.5 Å². The lowest BCUT2D eigenvalue weighted by Crippen LogP contribution is -2.42. The summed E-state index contributed by atoms with van der Waals surface area (Å²) in [5, 5.41) is 10.8. The Balaban J connectivity index is 0.00000312. The summed E-state index contributed by atoms with van der Waals surface area (Å²) in [6.07, 6.45) is 3.79. The van der Waals surface area contributed by atoms with Crippen molar-refractivity contribution < 1.29 is 4.52 Å². The molecule has 0 radical (unpaired) electrons. The Morgan fingerprint density at radius 3 is 2.64 bits per heavy atom. The Morgan fingerprint density at radius 1 is 1.36 bits per heavy atom. The fourth-order valence-corrected chi connectivity index (χ4v) is 3.05. The van der Waals surface area contributed by atoms with Crippen LogP contribution in [0.3, 0.4) is 0 Å². The summed E-state index contributed by atoms with van der Waals surface area (Å²) in [7, 11) is 1.80. The van der Waals surface area contributed by atoms with Crippen molar-refractivity contribution in [2.75, 3.05) is 33.2 Å². The van der Waals surface area contributed by atoms with Gasteiger partial charge in [0.25, 0.3) is 0 Å². The minimum Gasteiger partial charge on any atom is -0.359 e. The van der Waals surface area contributed by atoms with Crippen molar-refractivity contribution in [3.8, 4) is 0 Å². The summed E-state index contributed by atoms with van der Waals surface area (Å²) in [5.74, 6) is 2.79. The van der Waals surface area contributed by atoms with Crippen LogP contribution in [0.4, 0.5) is 0 Å². The summed E-state index contributed by atoms with van der Waals surface area (Å²) in [6, 6.07) is 2.01. The number of hydrogen-bond donors (Lipinski definition) is 2.